The summed E-state index contributed by atoms with van der Waals surface area (Å²) in [4.78, 5) is 10.5. The molecule has 0 aromatic heterocycles. The topological polar surface area (TPSA) is 26.3 Å². The molecule has 0 fully saturated rings. The molecule has 0 atom stereocenters. The first-order valence-corrected chi connectivity index (χ1v) is 3.04. The number of esters is 1. The summed E-state index contributed by atoms with van der Waals surface area (Å²) < 4.78 is 4.33. The largest absolute Gasteiger partial charge is 0.465 e. The lowest BCUT2D eigenvalue weighted by molar-refractivity contribution is -0.135. The maximum Gasteiger partial charge on any atom is 0.349 e. The van der Waals surface area contributed by atoms with E-state index < -0.39 is 5.97 Å². The van der Waals surface area contributed by atoms with Gasteiger partial charge in [-0.15, -0.1) is 0 Å². The summed E-state index contributed by atoms with van der Waals surface area (Å²) in [6, 6.07) is 0. The Hall–Kier alpha value is -0.500. The molecule has 2 nitrogen and oxygen atoms in total. The minimum absolute atomic E-state index is 0.153. The van der Waals surface area contributed by atoms with Crippen molar-refractivity contribution >= 4 is 17.6 Å². The zero-order chi connectivity index (χ0) is 7.28. The average Bonchev–Trinajstić information content (AvgIpc) is 1.87. The Balaban J connectivity index is 3.86. The van der Waals surface area contributed by atoms with Crippen LogP contribution in [-0.4, -0.2) is 13.1 Å². The zero-order valence-electron chi connectivity index (χ0n) is 5.48. The van der Waals surface area contributed by atoms with Crippen LogP contribution in [0.4, 0.5) is 0 Å². The smallest absolute Gasteiger partial charge is 0.349 e. The van der Waals surface area contributed by atoms with Gasteiger partial charge < -0.3 is 4.74 Å². The average molecular weight is 149 g/mol. The van der Waals surface area contributed by atoms with Gasteiger partial charge in [0.05, 0.1) is 7.11 Å². The number of carbonyl (C=O) groups is 1. The van der Waals surface area contributed by atoms with E-state index in [2.05, 4.69) is 4.74 Å². The minimum atomic E-state index is -0.474. The number of hydrogen-bond acceptors (Lipinski definition) is 2. The predicted octanol–water partition coefficient (Wildman–Crippen LogP) is 1.69. The highest BCUT2D eigenvalue weighted by molar-refractivity contribution is 6.41. The van der Waals surface area contributed by atoms with E-state index in [1.54, 1.807) is 6.08 Å². The lowest BCUT2D eigenvalue weighted by Crippen LogP contribution is -1.98. The molecular formula is C6H9ClO2. The van der Waals surface area contributed by atoms with Gasteiger partial charge >= 0.3 is 5.97 Å². The van der Waals surface area contributed by atoms with Crippen LogP contribution in [-0.2, 0) is 9.53 Å². The zero-order valence-corrected chi connectivity index (χ0v) is 6.23. The van der Waals surface area contributed by atoms with Crippen molar-refractivity contribution in [2.75, 3.05) is 7.11 Å². The summed E-state index contributed by atoms with van der Waals surface area (Å²) in [6.07, 6.45) is 2.35. The highest BCUT2D eigenvalue weighted by Crippen LogP contribution is 2.03. The van der Waals surface area contributed by atoms with E-state index in [4.69, 9.17) is 11.6 Å². The second-order valence-electron chi connectivity index (χ2n) is 1.45. The van der Waals surface area contributed by atoms with E-state index in [1.807, 2.05) is 6.92 Å². The van der Waals surface area contributed by atoms with Gasteiger partial charge in [-0.1, -0.05) is 24.6 Å². The van der Waals surface area contributed by atoms with Crippen molar-refractivity contribution in [3.05, 3.63) is 11.1 Å². The number of carbonyl (C=O) groups excluding carboxylic acids is 1. The maximum absolute atomic E-state index is 10.5. The first-order valence-electron chi connectivity index (χ1n) is 2.66. The number of methoxy groups -OCH3 is 1. The summed E-state index contributed by atoms with van der Waals surface area (Å²) in [5, 5.41) is 0.153. The second-order valence-corrected chi connectivity index (χ2v) is 1.86. The molecule has 0 amide bonds. The molecule has 0 rings (SSSR count). The Morgan fingerprint density at radius 2 is 2.33 bits per heavy atom. The molecule has 0 aliphatic rings. The fourth-order valence-corrected chi connectivity index (χ4v) is 0.592. The Bertz CT molecular complexity index is 129. The molecule has 3 heteroatoms. The van der Waals surface area contributed by atoms with Crippen LogP contribution < -0.4 is 0 Å². The van der Waals surface area contributed by atoms with E-state index in [0.717, 1.165) is 6.42 Å². The van der Waals surface area contributed by atoms with Gasteiger partial charge in [-0.2, -0.15) is 0 Å². The van der Waals surface area contributed by atoms with Gasteiger partial charge in [-0.05, 0) is 6.42 Å². The van der Waals surface area contributed by atoms with Gasteiger partial charge in [0.2, 0.25) is 0 Å². The van der Waals surface area contributed by atoms with Crippen LogP contribution in [0.15, 0.2) is 11.1 Å². The van der Waals surface area contributed by atoms with Crippen LogP contribution in [0.5, 0.6) is 0 Å². The van der Waals surface area contributed by atoms with Gasteiger partial charge in [0, 0.05) is 0 Å². The minimum Gasteiger partial charge on any atom is -0.465 e. The Kier molecular flexibility index (Phi) is 4.14. The van der Waals surface area contributed by atoms with Crippen LogP contribution >= 0.6 is 11.6 Å². The van der Waals surface area contributed by atoms with Crippen LogP contribution in [0, 0.1) is 0 Å². The van der Waals surface area contributed by atoms with E-state index in [1.165, 1.54) is 7.11 Å². The summed E-state index contributed by atoms with van der Waals surface area (Å²) in [5.74, 6) is -0.474. The summed E-state index contributed by atoms with van der Waals surface area (Å²) in [7, 11) is 1.30. The molecule has 0 aliphatic carbocycles. The van der Waals surface area contributed by atoms with E-state index in [0.29, 0.717) is 0 Å². The van der Waals surface area contributed by atoms with Crippen molar-refractivity contribution in [2.24, 2.45) is 0 Å². The van der Waals surface area contributed by atoms with Gasteiger partial charge in [0.1, 0.15) is 5.03 Å². The Morgan fingerprint density at radius 3 is 2.67 bits per heavy atom. The van der Waals surface area contributed by atoms with Gasteiger partial charge in [0.25, 0.3) is 0 Å². The van der Waals surface area contributed by atoms with Crippen molar-refractivity contribution in [1.82, 2.24) is 0 Å². The van der Waals surface area contributed by atoms with Crippen molar-refractivity contribution in [3.8, 4) is 0 Å². The molecule has 0 spiro atoms. The molecular weight excluding hydrogens is 140 g/mol. The molecule has 0 radical (unpaired) electrons. The lowest BCUT2D eigenvalue weighted by atomic mass is 10.4. The quantitative estimate of drug-likeness (QED) is 0.440. The molecule has 0 aliphatic heterocycles. The van der Waals surface area contributed by atoms with Crippen LogP contribution in [0.2, 0.25) is 0 Å². The summed E-state index contributed by atoms with van der Waals surface area (Å²) in [5.41, 5.74) is 0. The normalized spacial score (nSPS) is 11.2. The van der Waals surface area contributed by atoms with Gasteiger partial charge in [-0.3, -0.25) is 0 Å². The number of halogens is 1. The lowest BCUT2D eigenvalue weighted by Gasteiger charge is -1.93. The van der Waals surface area contributed by atoms with E-state index in [-0.39, 0.29) is 5.03 Å². The predicted molar refractivity (Wildman–Crippen MR) is 36.2 cm³/mol. The molecule has 0 bridgehead atoms. The first-order chi connectivity index (χ1) is 4.22. The van der Waals surface area contributed by atoms with Crippen molar-refractivity contribution in [1.29, 1.82) is 0 Å². The molecule has 0 aromatic carbocycles. The van der Waals surface area contributed by atoms with Crippen LogP contribution in [0.1, 0.15) is 13.3 Å². The second kappa shape index (κ2) is 4.39. The molecule has 9 heavy (non-hydrogen) atoms. The van der Waals surface area contributed by atoms with Crippen LogP contribution in [0.25, 0.3) is 0 Å². The summed E-state index contributed by atoms with van der Waals surface area (Å²) in [6.45, 7) is 1.89. The SMILES string of the molecule is CC/C=C(\Cl)C(=O)OC. The first kappa shape index (κ1) is 8.50. The monoisotopic (exact) mass is 148 g/mol. The molecule has 0 N–H and O–H groups in total. The fraction of sp³-hybridized carbons (Fsp3) is 0.500. The fourth-order valence-electron chi connectivity index (χ4n) is 0.360. The van der Waals surface area contributed by atoms with Gasteiger partial charge in [-0.25, -0.2) is 4.79 Å². The number of allylic oxidation sites excluding steroid dienone is 1. The van der Waals surface area contributed by atoms with Crippen molar-refractivity contribution < 1.29 is 9.53 Å². The standard InChI is InChI=1S/C6H9ClO2/c1-3-4-5(7)6(8)9-2/h4H,3H2,1-2H3/b5-4-. The maximum atomic E-state index is 10.5. The third-order valence-electron chi connectivity index (χ3n) is 0.764. The number of rotatable bonds is 2. The molecule has 0 saturated carbocycles. The molecule has 0 heterocycles. The van der Waals surface area contributed by atoms with E-state index >= 15 is 0 Å². The molecule has 0 unspecified atom stereocenters. The highest BCUT2D eigenvalue weighted by Gasteiger charge is 2.02. The van der Waals surface area contributed by atoms with Gasteiger partial charge in [0.15, 0.2) is 0 Å². The highest BCUT2D eigenvalue weighted by atomic mass is 35.5. The number of hydrogen-bond donors (Lipinski definition) is 0. The third kappa shape index (κ3) is 3.14. The van der Waals surface area contributed by atoms with Crippen molar-refractivity contribution in [3.63, 3.8) is 0 Å². The van der Waals surface area contributed by atoms with Crippen LogP contribution in [0.3, 0.4) is 0 Å². The third-order valence-corrected chi connectivity index (χ3v) is 1.07. The molecule has 0 aromatic rings. The Morgan fingerprint density at radius 1 is 1.78 bits per heavy atom. The molecule has 52 valence electrons. The van der Waals surface area contributed by atoms with Crippen molar-refractivity contribution in [2.45, 2.75) is 13.3 Å². The Labute approximate surface area is 59.5 Å². The summed E-state index contributed by atoms with van der Waals surface area (Å²) >= 11 is 5.42. The molecule has 0 saturated heterocycles. The van der Waals surface area contributed by atoms with E-state index in [9.17, 15) is 4.79 Å². The number of ether oxygens (including phenoxy) is 1.